The maximum atomic E-state index is 13.3. The number of nitrogens with zero attached hydrogens (tertiary/aromatic N) is 1. The number of amides is 1. The monoisotopic (exact) mass is 270 g/mol. The van der Waals surface area contributed by atoms with Crippen molar-refractivity contribution < 1.29 is 18.3 Å². The van der Waals surface area contributed by atoms with E-state index in [0.29, 0.717) is 26.1 Å². The molecule has 1 aromatic rings. The highest BCUT2D eigenvalue weighted by Gasteiger charge is 2.28. The van der Waals surface area contributed by atoms with E-state index in [1.54, 1.807) is 4.90 Å². The number of halogens is 2. The normalized spacial score (nSPS) is 19.0. The molecule has 6 heteroatoms. The first kappa shape index (κ1) is 13.7. The molecule has 0 aliphatic carbocycles. The highest BCUT2D eigenvalue weighted by atomic mass is 19.1. The van der Waals surface area contributed by atoms with Crippen LogP contribution in [0.25, 0.3) is 0 Å². The van der Waals surface area contributed by atoms with Crippen molar-refractivity contribution in [1.82, 2.24) is 4.90 Å². The second kappa shape index (κ2) is 5.97. The molecule has 1 fully saturated rings. The first-order valence-electron chi connectivity index (χ1n) is 6.16. The molecule has 1 saturated heterocycles. The molecular weight excluding hydrogens is 254 g/mol. The van der Waals surface area contributed by atoms with Crippen molar-refractivity contribution in [2.24, 2.45) is 11.7 Å². The molecule has 0 spiro atoms. The van der Waals surface area contributed by atoms with Crippen molar-refractivity contribution in [3.8, 4) is 5.75 Å². The maximum absolute atomic E-state index is 13.3. The van der Waals surface area contributed by atoms with Crippen molar-refractivity contribution in [3.05, 3.63) is 29.8 Å². The van der Waals surface area contributed by atoms with Crippen molar-refractivity contribution >= 4 is 5.91 Å². The summed E-state index contributed by atoms with van der Waals surface area (Å²) < 4.78 is 31.2. The van der Waals surface area contributed by atoms with E-state index < -0.39 is 11.6 Å². The van der Waals surface area contributed by atoms with Gasteiger partial charge in [-0.15, -0.1) is 0 Å². The van der Waals surface area contributed by atoms with Crippen LogP contribution in [0.4, 0.5) is 8.78 Å². The van der Waals surface area contributed by atoms with Gasteiger partial charge < -0.3 is 15.4 Å². The Kier molecular flexibility index (Phi) is 4.31. The minimum atomic E-state index is -0.743. The smallest absolute Gasteiger partial charge is 0.223 e. The molecular formula is C13H16F2N2O2. The average Bonchev–Trinajstić information content (AvgIpc) is 2.73. The van der Waals surface area contributed by atoms with Gasteiger partial charge in [0.15, 0.2) is 11.6 Å². The van der Waals surface area contributed by atoms with Gasteiger partial charge in [0.1, 0.15) is 12.4 Å². The third-order valence-corrected chi connectivity index (χ3v) is 3.14. The molecule has 1 aliphatic rings. The summed E-state index contributed by atoms with van der Waals surface area (Å²) in [5, 5.41) is 0. The molecule has 0 aromatic heterocycles. The third-order valence-electron chi connectivity index (χ3n) is 3.14. The van der Waals surface area contributed by atoms with Gasteiger partial charge in [-0.2, -0.15) is 0 Å². The van der Waals surface area contributed by atoms with Crippen LogP contribution in [0.1, 0.15) is 6.42 Å². The fourth-order valence-corrected chi connectivity index (χ4v) is 2.09. The van der Waals surface area contributed by atoms with E-state index in [4.69, 9.17) is 10.5 Å². The van der Waals surface area contributed by atoms with E-state index in [0.717, 1.165) is 12.1 Å². The third kappa shape index (κ3) is 3.41. The van der Waals surface area contributed by atoms with E-state index in [1.165, 1.54) is 6.07 Å². The van der Waals surface area contributed by atoms with Gasteiger partial charge in [-0.25, -0.2) is 8.78 Å². The van der Waals surface area contributed by atoms with Crippen molar-refractivity contribution in [2.75, 3.05) is 26.2 Å². The van der Waals surface area contributed by atoms with Crippen LogP contribution >= 0.6 is 0 Å². The van der Waals surface area contributed by atoms with Crippen LogP contribution in [0.3, 0.4) is 0 Å². The quantitative estimate of drug-likeness (QED) is 0.873. The summed E-state index contributed by atoms with van der Waals surface area (Å²) >= 11 is 0. The lowest BCUT2D eigenvalue weighted by Crippen LogP contribution is -2.30. The summed E-state index contributed by atoms with van der Waals surface area (Å²) in [6, 6.07) is 3.13. The Morgan fingerprint density at radius 1 is 1.42 bits per heavy atom. The summed E-state index contributed by atoms with van der Waals surface area (Å²) in [6.07, 6.45) is 0.460. The molecule has 1 aromatic carbocycles. The molecule has 2 N–H and O–H groups in total. The Bertz CT molecular complexity index is 468. The predicted molar refractivity (Wildman–Crippen MR) is 65.6 cm³/mol. The molecule has 0 radical (unpaired) electrons. The predicted octanol–water partition coefficient (Wildman–Crippen LogP) is 1.15. The first-order valence-corrected chi connectivity index (χ1v) is 6.16. The fourth-order valence-electron chi connectivity index (χ4n) is 2.09. The minimum absolute atomic E-state index is 0.0107. The fraction of sp³-hybridized carbons (Fsp3) is 0.462. The Morgan fingerprint density at radius 3 is 2.84 bits per heavy atom. The lowest BCUT2D eigenvalue weighted by atomic mass is 10.1. The Labute approximate surface area is 110 Å². The van der Waals surface area contributed by atoms with Gasteiger partial charge in [-0.3, -0.25) is 4.79 Å². The standard InChI is InChI=1S/C13H16F2N2O2/c14-10-1-2-12(11(15)6-10)19-4-3-17-8-9(7-16)5-13(17)18/h1-2,6,9H,3-5,7-8,16H2. The number of nitrogens with two attached hydrogens (primary N) is 1. The molecule has 2 rings (SSSR count). The first-order chi connectivity index (χ1) is 9.10. The van der Waals surface area contributed by atoms with E-state index >= 15 is 0 Å². The number of likely N-dealkylation sites (tertiary alicyclic amines) is 1. The lowest BCUT2D eigenvalue weighted by molar-refractivity contribution is -0.128. The zero-order valence-corrected chi connectivity index (χ0v) is 10.4. The summed E-state index contributed by atoms with van der Waals surface area (Å²) in [5.74, 6) is -1.17. The number of ether oxygens (including phenoxy) is 1. The van der Waals surface area contributed by atoms with Crippen molar-refractivity contribution in [1.29, 1.82) is 0 Å². The molecule has 1 atom stereocenters. The van der Waals surface area contributed by atoms with Gasteiger partial charge >= 0.3 is 0 Å². The van der Waals surface area contributed by atoms with Crippen molar-refractivity contribution in [3.63, 3.8) is 0 Å². The molecule has 104 valence electrons. The number of benzene rings is 1. The second-order valence-corrected chi connectivity index (χ2v) is 4.57. The van der Waals surface area contributed by atoms with Crippen molar-refractivity contribution in [2.45, 2.75) is 6.42 Å². The Morgan fingerprint density at radius 2 is 2.21 bits per heavy atom. The number of rotatable bonds is 5. The van der Waals surface area contributed by atoms with Crippen LogP contribution in [0.5, 0.6) is 5.75 Å². The van der Waals surface area contributed by atoms with Gasteiger partial charge in [0, 0.05) is 19.0 Å². The number of carbonyl (C=O) groups excluding carboxylic acids is 1. The van der Waals surface area contributed by atoms with Crippen LogP contribution in [0.15, 0.2) is 18.2 Å². The molecule has 4 nitrogen and oxygen atoms in total. The largest absolute Gasteiger partial charge is 0.489 e. The van der Waals surface area contributed by atoms with E-state index in [-0.39, 0.29) is 24.2 Å². The molecule has 0 bridgehead atoms. The van der Waals surface area contributed by atoms with E-state index in [1.807, 2.05) is 0 Å². The van der Waals surface area contributed by atoms with Gasteiger partial charge in [0.05, 0.1) is 6.54 Å². The Balaban J connectivity index is 1.82. The van der Waals surface area contributed by atoms with Gasteiger partial charge in [0.25, 0.3) is 0 Å². The molecule has 0 saturated carbocycles. The zero-order chi connectivity index (χ0) is 13.8. The molecule has 1 aliphatic heterocycles. The SMILES string of the molecule is NCC1CC(=O)N(CCOc2ccc(F)cc2F)C1. The summed E-state index contributed by atoms with van der Waals surface area (Å²) in [4.78, 5) is 13.2. The summed E-state index contributed by atoms with van der Waals surface area (Å²) in [5.41, 5.74) is 5.52. The topological polar surface area (TPSA) is 55.6 Å². The minimum Gasteiger partial charge on any atom is -0.489 e. The molecule has 19 heavy (non-hydrogen) atoms. The number of hydrogen-bond donors (Lipinski definition) is 1. The van der Waals surface area contributed by atoms with E-state index in [9.17, 15) is 13.6 Å². The highest BCUT2D eigenvalue weighted by molar-refractivity contribution is 5.78. The van der Waals surface area contributed by atoms with Crippen LogP contribution in [0.2, 0.25) is 0 Å². The number of carbonyl (C=O) groups is 1. The number of hydrogen-bond acceptors (Lipinski definition) is 3. The maximum Gasteiger partial charge on any atom is 0.223 e. The molecule has 1 heterocycles. The molecule has 1 amide bonds. The highest BCUT2D eigenvalue weighted by Crippen LogP contribution is 2.19. The van der Waals surface area contributed by atoms with Crippen LogP contribution < -0.4 is 10.5 Å². The Hall–Kier alpha value is -1.69. The van der Waals surface area contributed by atoms with Crippen LogP contribution in [0, 0.1) is 17.6 Å². The summed E-state index contributed by atoms with van der Waals surface area (Å²) in [6.45, 7) is 1.65. The zero-order valence-electron chi connectivity index (χ0n) is 10.4. The van der Waals surface area contributed by atoms with Crippen LogP contribution in [-0.4, -0.2) is 37.0 Å². The van der Waals surface area contributed by atoms with Crippen LogP contribution in [-0.2, 0) is 4.79 Å². The van der Waals surface area contributed by atoms with Gasteiger partial charge in [-0.1, -0.05) is 0 Å². The lowest BCUT2D eigenvalue weighted by Gasteiger charge is -2.16. The average molecular weight is 270 g/mol. The van der Waals surface area contributed by atoms with E-state index in [2.05, 4.69) is 0 Å². The molecule has 1 unspecified atom stereocenters. The summed E-state index contributed by atoms with van der Waals surface area (Å²) in [7, 11) is 0. The second-order valence-electron chi connectivity index (χ2n) is 4.57. The van der Waals surface area contributed by atoms with Gasteiger partial charge in [0.2, 0.25) is 5.91 Å². The van der Waals surface area contributed by atoms with Gasteiger partial charge in [-0.05, 0) is 24.6 Å².